The highest BCUT2D eigenvalue weighted by atomic mass is 16.6. The number of carboxylic acids is 1. The number of carbonyl (C=O) groups is 2. The summed E-state index contributed by atoms with van der Waals surface area (Å²) in [6.07, 6.45) is 0. The van der Waals surface area contributed by atoms with Crippen LogP contribution in [0.1, 0.15) is 15.9 Å². The van der Waals surface area contributed by atoms with E-state index in [1.54, 1.807) is 0 Å². The first-order valence-corrected chi connectivity index (χ1v) is 5.33. The Balaban J connectivity index is 2.52. The van der Waals surface area contributed by atoms with Crippen LogP contribution < -0.4 is 9.47 Å². The van der Waals surface area contributed by atoms with E-state index in [2.05, 4.69) is 0 Å². The van der Waals surface area contributed by atoms with Crippen molar-refractivity contribution < 1.29 is 28.9 Å². The van der Waals surface area contributed by atoms with Crippen LogP contribution in [-0.2, 0) is 16.1 Å². The summed E-state index contributed by atoms with van der Waals surface area (Å²) in [6.45, 7) is 0.862. The van der Waals surface area contributed by atoms with Gasteiger partial charge in [0, 0.05) is 18.2 Å². The molecule has 0 radical (unpaired) electrons. The van der Waals surface area contributed by atoms with Gasteiger partial charge in [0.2, 0.25) is 0 Å². The van der Waals surface area contributed by atoms with Crippen molar-refractivity contribution in [3.63, 3.8) is 0 Å². The maximum atomic E-state index is 11.6. The molecule has 0 atom stereocenters. The Labute approximate surface area is 103 Å². The summed E-state index contributed by atoms with van der Waals surface area (Å²) in [5, 5.41) is 8.77. The quantitative estimate of drug-likeness (QED) is 0.632. The van der Waals surface area contributed by atoms with Gasteiger partial charge in [0.15, 0.2) is 11.5 Å². The Bertz CT molecular complexity index is 494. The minimum Gasteiger partial charge on any atom is -0.486 e. The average molecular weight is 252 g/mol. The second-order valence-electron chi connectivity index (χ2n) is 3.68. The molecule has 2 rings (SSSR count). The molecule has 1 aromatic carbocycles. The molecule has 1 aliphatic heterocycles. The summed E-state index contributed by atoms with van der Waals surface area (Å²) < 4.78 is 15.8. The summed E-state index contributed by atoms with van der Waals surface area (Å²) in [5.41, 5.74) is 0.468. The number of Topliss-reactive ketones (excluding diaryl/α,β-unsaturated/α-hetero) is 1. The lowest BCUT2D eigenvalue weighted by molar-refractivity contribution is -0.131. The Morgan fingerprint density at radius 1 is 1.33 bits per heavy atom. The summed E-state index contributed by atoms with van der Waals surface area (Å²) in [4.78, 5) is 22.3. The third kappa shape index (κ3) is 2.14. The van der Waals surface area contributed by atoms with Gasteiger partial charge in [-0.3, -0.25) is 4.79 Å². The highest BCUT2D eigenvalue weighted by Crippen LogP contribution is 2.36. The number of carboxylic acid groups (broad SMARTS) is 1. The standard InChI is InChI=1S/C12H12O6/c1-16-6-8-7(10(13)12(14)15)2-3-9-11(8)18-5-4-17-9/h2-3H,4-6H2,1H3,(H,14,15). The normalized spacial score (nSPS) is 13.2. The van der Waals surface area contributed by atoms with Crippen LogP contribution >= 0.6 is 0 Å². The number of methoxy groups -OCH3 is 1. The predicted molar refractivity (Wildman–Crippen MR) is 60.1 cm³/mol. The van der Waals surface area contributed by atoms with Gasteiger partial charge in [-0.1, -0.05) is 0 Å². The highest BCUT2D eigenvalue weighted by molar-refractivity contribution is 6.40. The molecule has 0 unspecified atom stereocenters. The number of fused-ring (bicyclic) bond motifs is 1. The number of ketones is 1. The fourth-order valence-electron chi connectivity index (χ4n) is 1.79. The minimum atomic E-state index is -1.51. The lowest BCUT2D eigenvalue weighted by Crippen LogP contribution is -2.20. The first kappa shape index (κ1) is 12.4. The maximum absolute atomic E-state index is 11.6. The number of hydrogen-bond donors (Lipinski definition) is 1. The van der Waals surface area contributed by atoms with Crippen molar-refractivity contribution in [2.24, 2.45) is 0 Å². The molecule has 96 valence electrons. The molecule has 0 amide bonds. The van der Waals surface area contributed by atoms with Crippen molar-refractivity contribution in [1.29, 1.82) is 0 Å². The van der Waals surface area contributed by atoms with Gasteiger partial charge in [-0.05, 0) is 12.1 Å². The van der Waals surface area contributed by atoms with E-state index in [-0.39, 0.29) is 12.2 Å². The molecule has 0 bridgehead atoms. The number of benzene rings is 1. The van der Waals surface area contributed by atoms with Gasteiger partial charge in [-0.25, -0.2) is 4.79 Å². The molecule has 0 aromatic heterocycles. The molecule has 1 aromatic rings. The first-order chi connectivity index (χ1) is 8.65. The molecular formula is C12H12O6. The number of aliphatic carboxylic acids is 1. The summed E-state index contributed by atoms with van der Waals surface area (Å²) >= 11 is 0. The molecule has 1 heterocycles. The molecule has 6 heteroatoms. The van der Waals surface area contributed by atoms with Gasteiger partial charge in [0.25, 0.3) is 5.78 Å². The summed E-state index contributed by atoms with van der Waals surface area (Å²) in [7, 11) is 1.46. The Morgan fingerprint density at radius 3 is 2.72 bits per heavy atom. The van der Waals surface area contributed by atoms with Crippen LogP contribution in [0.5, 0.6) is 11.5 Å². The van der Waals surface area contributed by atoms with Gasteiger partial charge in [-0.2, -0.15) is 0 Å². The largest absolute Gasteiger partial charge is 0.486 e. The molecule has 1 N–H and O–H groups in total. The topological polar surface area (TPSA) is 82.1 Å². The third-order valence-corrected chi connectivity index (χ3v) is 2.54. The smallest absolute Gasteiger partial charge is 0.377 e. The van der Waals surface area contributed by atoms with Crippen molar-refractivity contribution in [2.75, 3.05) is 20.3 Å². The fraction of sp³-hybridized carbons (Fsp3) is 0.333. The van der Waals surface area contributed by atoms with E-state index in [1.165, 1.54) is 19.2 Å². The van der Waals surface area contributed by atoms with E-state index in [1.807, 2.05) is 0 Å². The van der Waals surface area contributed by atoms with Crippen molar-refractivity contribution in [3.05, 3.63) is 23.3 Å². The van der Waals surface area contributed by atoms with Crippen molar-refractivity contribution >= 4 is 11.8 Å². The molecular weight excluding hydrogens is 240 g/mol. The SMILES string of the molecule is COCc1c(C(=O)C(=O)O)ccc2c1OCCO2. The first-order valence-electron chi connectivity index (χ1n) is 5.33. The summed E-state index contributed by atoms with van der Waals surface area (Å²) in [5.74, 6) is -1.62. The van der Waals surface area contributed by atoms with E-state index in [9.17, 15) is 9.59 Å². The molecule has 1 aliphatic rings. The Morgan fingerprint density at radius 2 is 2.06 bits per heavy atom. The van der Waals surface area contributed by atoms with Crippen LogP contribution in [0.25, 0.3) is 0 Å². The lowest BCUT2D eigenvalue weighted by atomic mass is 10.0. The van der Waals surface area contributed by atoms with E-state index in [0.717, 1.165) is 0 Å². The van der Waals surface area contributed by atoms with E-state index >= 15 is 0 Å². The van der Waals surface area contributed by atoms with Crippen LogP contribution in [0.2, 0.25) is 0 Å². The van der Waals surface area contributed by atoms with Crippen LogP contribution in [-0.4, -0.2) is 37.2 Å². The fourth-order valence-corrected chi connectivity index (χ4v) is 1.79. The zero-order chi connectivity index (χ0) is 13.1. The number of hydrogen-bond acceptors (Lipinski definition) is 5. The zero-order valence-electron chi connectivity index (χ0n) is 9.76. The Hall–Kier alpha value is -2.08. The van der Waals surface area contributed by atoms with Gasteiger partial charge in [-0.15, -0.1) is 0 Å². The monoisotopic (exact) mass is 252 g/mol. The average Bonchev–Trinajstić information content (AvgIpc) is 2.38. The van der Waals surface area contributed by atoms with E-state index in [4.69, 9.17) is 19.3 Å². The van der Waals surface area contributed by atoms with Crippen LogP contribution in [0.4, 0.5) is 0 Å². The van der Waals surface area contributed by atoms with Gasteiger partial charge >= 0.3 is 5.97 Å². The number of carbonyl (C=O) groups excluding carboxylic acids is 1. The number of rotatable bonds is 4. The lowest BCUT2D eigenvalue weighted by Gasteiger charge is -2.22. The van der Waals surface area contributed by atoms with E-state index < -0.39 is 11.8 Å². The van der Waals surface area contributed by atoms with Gasteiger partial charge in [0.05, 0.1) is 6.61 Å². The molecule has 0 saturated carbocycles. The molecule has 0 aliphatic carbocycles. The minimum absolute atomic E-state index is 0.0635. The van der Waals surface area contributed by atoms with Gasteiger partial charge in [0.1, 0.15) is 13.2 Å². The van der Waals surface area contributed by atoms with Crippen LogP contribution in [0, 0.1) is 0 Å². The predicted octanol–water partition coefficient (Wildman–Crippen LogP) is 0.872. The third-order valence-electron chi connectivity index (χ3n) is 2.54. The van der Waals surface area contributed by atoms with Crippen molar-refractivity contribution in [3.8, 4) is 11.5 Å². The van der Waals surface area contributed by atoms with Crippen molar-refractivity contribution in [1.82, 2.24) is 0 Å². The second kappa shape index (κ2) is 5.05. The molecule has 18 heavy (non-hydrogen) atoms. The molecule has 6 nitrogen and oxygen atoms in total. The molecule has 0 fully saturated rings. The maximum Gasteiger partial charge on any atom is 0.377 e. The zero-order valence-corrected chi connectivity index (χ0v) is 9.76. The van der Waals surface area contributed by atoms with E-state index in [0.29, 0.717) is 30.3 Å². The second-order valence-corrected chi connectivity index (χ2v) is 3.68. The Kier molecular flexibility index (Phi) is 3.47. The molecule has 0 saturated heterocycles. The summed E-state index contributed by atoms with van der Waals surface area (Å²) in [6, 6.07) is 2.95. The van der Waals surface area contributed by atoms with Crippen molar-refractivity contribution in [2.45, 2.75) is 6.61 Å². The van der Waals surface area contributed by atoms with Crippen LogP contribution in [0.3, 0.4) is 0 Å². The highest BCUT2D eigenvalue weighted by Gasteiger charge is 2.25. The number of ether oxygens (including phenoxy) is 3. The molecule has 0 spiro atoms. The van der Waals surface area contributed by atoms with Crippen LogP contribution in [0.15, 0.2) is 12.1 Å². The van der Waals surface area contributed by atoms with Gasteiger partial charge < -0.3 is 19.3 Å².